The average molecular weight is 473 g/mol. The highest BCUT2D eigenvalue weighted by Crippen LogP contribution is 2.27. The lowest BCUT2D eigenvalue weighted by Gasteiger charge is -2.31. The number of anilines is 1. The first-order chi connectivity index (χ1) is 15.3. The molecule has 1 N–H and O–H groups in total. The number of nitrogens with zero attached hydrogens (tertiary/aromatic N) is 3. The van der Waals surface area contributed by atoms with E-state index in [1.54, 1.807) is 16.8 Å². The molecule has 0 radical (unpaired) electrons. The van der Waals surface area contributed by atoms with Gasteiger partial charge in [0.05, 0.1) is 27.9 Å². The molecule has 1 atom stereocenters. The molecular weight excluding hydrogens is 448 g/mol. The first kappa shape index (κ1) is 22.5. The summed E-state index contributed by atoms with van der Waals surface area (Å²) < 4.78 is 29.3. The van der Waals surface area contributed by atoms with E-state index >= 15 is 0 Å². The van der Waals surface area contributed by atoms with E-state index in [-0.39, 0.29) is 17.3 Å². The zero-order valence-corrected chi connectivity index (χ0v) is 19.5. The number of aromatic nitrogens is 2. The molecule has 2 aromatic carbocycles. The third kappa shape index (κ3) is 4.57. The lowest BCUT2D eigenvalue weighted by molar-refractivity contribution is -0.120. The van der Waals surface area contributed by atoms with Crippen molar-refractivity contribution in [2.75, 3.05) is 18.4 Å². The molecule has 0 spiro atoms. The highest BCUT2D eigenvalue weighted by molar-refractivity contribution is 7.89. The maximum absolute atomic E-state index is 13.1. The molecule has 0 bridgehead atoms. The summed E-state index contributed by atoms with van der Waals surface area (Å²) in [5.41, 5.74) is 3.26. The fourth-order valence-corrected chi connectivity index (χ4v) is 5.65. The van der Waals surface area contributed by atoms with E-state index in [1.807, 2.05) is 44.2 Å². The Morgan fingerprint density at radius 3 is 2.53 bits per heavy atom. The van der Waals surface area contributed by atoms with Crippen molar-refractivity contribution in [3.63, 3.8) is 0 Å². The number of nitrogens with one attached hydrogen (secondary N) is 1. The number of hydrogen-bond acceptors (Lipinski definition) is 4. The summed E-state index contributed by atoms with van der Waals surface area (Å²) in [6, 6.07) is 15.5. The quantitative estimate of drug-likeness (QED) is 0.603. The summed E-state index contributed by atoms with van der Waals surface area (Å²) in [6.07, 6.45) is 1.24. The van der Waals surface area contributed by atoms with E-state index in [0.29, 0.717) is 30.1 Å². The van der Waals surface area contributed by atoms with Crippen molar-refractivity contribution in [3.05, 3.63) is 71.0 Å². The summed E-state index contributed by atoms with van der Waals surface area (Å²) in [7, 11) is -3.69. The van der Waals surface area contributed by atoms with Crippen molar-refractivity contribution in [3.8, 4) is 5.69 Å². The topological polar surface area (TPSA) is 84.3 Å². The number of benzene rings is 2. The normalized spacial score (nSPS) is 17.3. The maximum Gasteiger partial charge on any atom is 0.243 e. The molecule has 4 rings (SSSR count). The predicted molar refractivity (Wildman–Crippen MR) is 125 cm³/mol. The van der Waals surface area contributed by atoms with Gasteiger partial charge in [0, 0.05) is 23.8 Å². The molecule has 1 unspecified atom stereocenters. The average Bonchev–Trinajstić information content (AvgIpc) is 3.12. The number of carbonyl (C=O) groups is 1. The second-order valence-corrected chi connectivity index (χ2v) is 10.4. The summed E-state index contributed by atoms with van der Waals surface area (Å²) >= 11 is 5.89. The minimum absolute atomic E-state index is 0.138. The molecule has 3 aromatic rings. The van der Waals surface area contributed by atoms with Crippen molar-refractivity contribution >= 4 is 33.2 Å². The van der Waals surface area contributed by atoms with Gasteiger partial charge in [0.1, 0.15) is 0 Å². The number of rotatable bonds is 5. The van der Waals surface area contributed by atoms with Gasteiger partial charge in [-0.1, -0.05) is 23.7 Å². The third-order valence-electron chi connectivity index (χ3n) is 5.61. The zero-order chi connectivity index (χ0) is 22.9. The second-order valence-electron chi connectivity index (χ2n) is 8.00. The fraction of sp³-hybridized carbons (Fsp3) is 0.304. The van der Waals surface area contributed by atoms with Crippen LogP contribution in [0.1, 0.15) is 24.2 Å². The number of piperidine rings is 1. The van der Waals surface area contributed by atoms with Gasteiger partial charge in [-0.2, -0.15) is 9.40 Å². The zero-order valence-electron chi connectivity index (χ0n) is 18.0. The first-order valence-electron chi connectivity index (χ1n) is 10.4. The van der Waals surface area contributed by atoms with Crippen LogP contribution in [0.3, 0.4) is 0 Å². The molecular formula is C23H25ClN4O3S. The maximum atomic E-state index is 13.1. The number of sulfonamides is 1. The third-order valence-corrected chi connectivity index (χ3v) is 7.74. The monoisotopic (exact) mass is 472 g/mol. The number of hydrogen-bond donors (Lipinski definition) is 1. The number of carbonyl (C=O) groups excluding carboxylic acids is 1. The van der Waals surface area contributed by atoms with E-state index in [4.69, 9.17) is 11.6 Å². The Balaban J connectivity index is 1.53. The van der Waals surface area contributed by atoms with Gasteiger partial charge in [-0.25, -0.2) is 13.1 Å². The van der Waals surface area contributed by atoms with Crippen LogP contribution in [0.4, 0.5) is 5.69 Å². The van der Waals surface area contributed by atoms with E-state index in [0.717, 1.165) is 17.1 Å². The SMILES string of the molecule is Cc1cc(C)n(-c2ccccc2NC(=O)C2CCCN(S(=O)(=O)c3ccc(Cl)cc3)C2)n1. The predicted octanol–water partition coefficient (Wildman–Crippen LogP) is 4.18. The van der Waals surface area contributed by atoms with Crippen LogP contribution >= 0.6 is 11.6 Å². The minimum atomic E-state index is -3.69. The Kier molecular flexibility index (Phi) is 6.37. The van der Waals surface area contributed by atoms with Gasteiger partial charge in [0.25, 0.3) is 0 Å². The molecule has 0 saturated carbocycles. The summed E-state index contributed by atoms with van der Waals surface area (Å²) in [4.78, 5) is 13.3. The molecule has 2 heterocycles. The van der Waals surface area contributed by atoms with Gasteiger partial charge in [-0.15, -0.1) is 0 Å². The Labute approximate surface area is 193 Å². The van der Waals surface area contributed by atoms with Crippen molar-refractivity contribution in [1.29, 1.82) is 0 Å². The van der Waals surface area contributed by atoms with Gasteiger partial charge in [-0.3, -0.25) is 4.79 Å². The minimum Gasteiger partial charge on any atom is -0.324 e. The number of para-hydroxylation sites is 2. The first-order valence-corrected chi connectivity index (χ1v) is 12.3. The van der Waals surface area contributed by atoms with Gasteiger partial charge in [0.15, 0.2) is 0 Å². The van der Waals surface area contributed by atoms with Crippen LogP contribution < -0.4 is 5.32 Å². The van der Waals surface area contributed by atoms with E-state index in [9.17, 15) is 13.2 Å². The highest BCUT2D eigenvalue weighted by Gasteiger charge is 2.33. The lowest BCUT2D eigenvalue weighted by Crippen LogP contribution is -2.43. The Hall–Kier alpha value is -2.68. The summed E-state index contributed by atoms with van der Waals surface area (Å²) in [5.74, 6) is -0.644. The van der Waals surface area contributed by atoms with Gasteiger partial charge >= 0.3 is 0 Å². The van der Waals surface area contributed by atoms with Crippen molar-refractivity contribution in [2.24, 2.45) is 5.92 Å². The standard InChI is InChI=1S/C23H25ClN4O3S/c1-16-14-17(2)28(26-16)22-8-4-3-7-21(22)25-23(29)18-6-5-13-27(15-18)32(30,31)20-11-9-19(24)10-12-20/h3-4,7-12,14,18H,5-6,13,15H2,1-2H3,(H,25,29). The Morgan fingerprint density at radius 1 is 1.12 bits per heavy atom. The van der Waals surface area contributed by atoms with Crippen LogP contribution in [-0.2, 0) is 14.8 Å². The molecule has 1 aliphatic rings. The largest absolute Gasteiger partial charge is 0.324 e. The van der Waals surface area contributed by atoms with Crippen LogP contribution in [0.2, 0.25) is 5.02 Å². The number of aryl methyl sites for hydroxylation is 2. The molecule has 0 aliphatic carbocycles. The molecule has 1 aliphatic heterocycles. The van der Waals surface area contributed by atoms with Crippen molar-refractivity contribution in [2.45, 2.75) is 31.6 Å². The van der Waals surface area contributed by atoms with Crippen molar-refractivity contribution < 1.29 is 13.2 Å². The van der Waals surface area contributed by atoms with Crippen molar-refractivity contribution in [1.82, 2.24) is 14.1 Å². The number of halogens is 1. The summed E-state index contributed by atoms with van der Waals surface area (Å²) in [5, 5.41) is 7.98. The van der Waals surface area contributed by atoms with Gasteiger partial charge < -0.3 is 5.32 Å². The van der Waals surface area contributed by atoms with Crippen LogP contribution in [-0.4, -0.2) is 41.5 Å². The molecule has 168 valence electrons. The molecule has 1 saturated heterocycles. The smallest absolute Gasteiger partial charge is 0.243 e. The van der Waals surface area contributed by atoms with Crippen LogP contribution in [0.25, 0.3) is 5.69 Å². The Bertz CT molecular complexity index is 1240. The van der Waals surface area contributed by atoms with Crippen LogP contribution in [0, 0.1) is 19.8 Å². The highest BCUT2D eigenvalue weighted by atomic mass is 35.5. The van der Waals surface area contributed by atoms with Crippen LogP contribution in [0.15, 0.2) is 59.5 Å². The van der Waals surface area contributed by atoms with E-state index < -0.39 is 15.9 Å². The number of amides is 1. The second kappa shape index (κ2) is 9.05. The van der Waals surface area contributed by atoms with Gasteiger partial charge in [0.2, 0.25) is 15.9 Å². The summed E-state index contributed by atoms with van der Waals surface area (Å²) in [6.45, 7) is 4.40. The molecule has 32 heavy (non-hydrogen) atoms. The molecule has 9 heteroatoms. The van der Waals surface area contributed by atoms with Crippen LogP contribution in [0.5, 0.6) is 0 Å². The van der Waals surface area contributed by atoms with E-state index in [2.05, 4.69) is 10.4 Å². The molecule has 1 amide bonds. The lowest BCUT2D eigenvalue weighted by atomic mass is 9.98. The molecule has 1 fully saturated rings. The molecule has 7 nitrogen and oxygen atoms in total. The fourth-order valence-electron chi connectivity index (χ4n) is 4.00. The van der Waals surface area contributed by atoms with Gasteiger partial charge in [-0.05, 0) is 69.2 Å². The van der Waals surface area contributed by atoms with E-state index in [1.165, 1.54) is 16.4 Å². The molecule has 1 aromatic heterocycles. The Morgan fingerprint density at radius 2 is 1.84 bits per heavy atom.